The van der Waals surface area contributed by atoms with Gasteiger partial charge in [-0.2, -0.15) is 17.0 Å². The van der Waals surface area contributed by atoms with E-state index in [4.69, 9.17) is 0 Å². The number of aromatic amines is 1. The van der Waals surface area contributed by atoms with Crippen LogP contribution in [0.5, 0.6) is 0 Å². The molecule has 2 heterocycles. The summed E-state index contributed by atoms with van der Waals surface area (Å²) in [7, 11) is -1.70. The predicted molar refractivity (Wildman–Crippen MR) is 91.4 cm³/mol. The number of H-pyrrole nitrogens is 1. The SMILES string of the molecule is CN(CCc1nc2ccccc2[nH]1)S(=O)(=O)N1CCCCCC1. The van der Waals surface area contributed by atoms with Crippen LogP contribution in [0.2, 0.25) is 0 Å². The van der Waals surface area contributed by atoms with Crippen molar-refractivity contribution in [3.8, 4) is 0 Å². The molecule has 0 saturated carbocycles. The molecule has 1 N–H and O–H groups in total. The molecule has 1 saturated heterocycles. The number of likely N-dealkylation sites (N-methyl/N-ethyl adjacent to an activating group) is 1. The third-order valence-corrected chi connectivity index (χ3v) is 6.38. The second-order valence-corrected chi connectivity index (χ2v) is 8.13. The molecule has 0 radical (unpaired) electrons. The maximum atomic E-state index is 12.7. The highest BCUT2D eigenvalue weighted by molar-refractivity contribution is 7.86. The van der Waals surface area contributed by atoms with E-state index in [0.717, 1.165) is 42.5 Å². The van der Waals surface area contributed by atoms with E-state index in [9.17, 15) is 8.42 Å². The number of rotatable bonds is 5. The first-order valence-electron chi connectivity index (χ1n) is 8.22. The molecule has 2 aromatic rings. The molecule has 23 heavy (non-hydrogen) atoms. The molecule has 1 aliphatic rings. The van der Waals surface area contributed by atoms with Crippen LogP contribution in [0.1, 0.15) is 31.5 Å². The third kappa shape index (κ3) is 3.73. The Kier molecular flexibility index (Phi) is 4.99. The average molecular weight is 336 g/mol. The van der Waals surface area contributed by atoms with Gasteiger partial charge >= 0.3 is 0 Å². The molecule has 1 aromatic heterocycles. The van der Waals surface area contributed by atoms with Crippen molar-refractivity contribution < 1.29 is 8.42 Å². The maximum Gasteiger partial charge on any atom is 0.281 e. The van der Waals surface area contributed by atoms with E-state index >= 15 is 0 Å². The summed E-state index contributed by atoms with van der Waals surface area (Å²) in [6, 6.07) is 7.83. The highest BCUT2D eigenvalue weighted by atomic mass is 32.2. The molecule has 0 aliphatic carbocycles. The first kappa shape index (κ1) is 16.4. The molecular formula is C16H24N4O2S. The second kappa shape index (κ2) is 6.98. The third-order valence-electron chi connectivity index (χ3n) is 4.39. The molecule has 0 bridgehead atoms. The lowest BCUT2D eigenvalue weighted by atomic mass is 10.2. The summed E-state index contributed by atoms with van der Waals surface area (Å²) in [4.78, 5) is 7.75. The number of aromatic nitrogens is 2. The lowest BCUT2D eigenvalue weighted by Crippen LogP contribution is -2.43. The summed E-state index contributed by atoms with van der Waals surface area (Å²) in [6.45, 7) is 1.70. The van der Waals surface area contributed by atoms with Crippen LogP contribution in [0.15, 0.2) is 24.3 Å². The molecule has 6 nitrogen and oxygen atoms in total. The van der Waals surface area contributed by atoms with Gasteiger partial charge in [-0.3, -0.25) is 0 Å². The van der Waals surface area contributed by atoms with E-state index in [1.54, 1.807) is 11.4 Å². The van der Waals surface area contributed by atoms with Crippen molar-refractivity contribution in [2.45, 2.75) is 32.1 Å². The topological polar surface area (TPSA) is 69.3 Å². The summed E-state index contributed by atoms with van der Waals surface area (Å²) in [6.07, 6.45) is 4.73. The molecule has 0 spiro atoms. The van der Waals surface area contributed by atoms with E-state index in [0.29, 0.717) is 26.1 Å². The van der Waals surface area contributed by atoms with E-state index in [1.165, 1.54) is 4.31 Å². The monoisotopic (exact) mass is 336 g/mol. The molecule has 0 atom stereocenters. The Morgan fingerprint density at radius 2 is 1.87 bits per heavy atom. The quantitative estimate of drug-likeness (QED) is 0.909. The number of para-hydroxylation sites is 2. The summed E-state index contributed by atoms with van der Waals surface area (Å²) in [5.74, 6) is 0.823. The van der Waals surface area contributed by atoms with E-state index < -0.39 is 10.2 Å². The van der Waals surface area contributed by atoms with Gasteiger partial charge in [0, 0.05) is 33.1 Å². The summed E-state index contributed by atoms with van der Waals surface area (Å²) < 4.78 is 28.4. The van der Waals surface area contributed by atoms with Crippen molar-refractivity contribution >= 4 is 21.2 Å². The number of hydrogen-bond acceptors (Lipinski definition) is 3. The maximum absolute atomic E-state index is 12.7. The Hall–Kier alpha value is -1.44. The molecule has 7 heteroatoms. The van der Waals surface area contributed by atoms with Crippen molar-refractivity contribution in [1.82, 2.24) is 18.6 Å². The van der Waals surface area contributed by atoms with Crippen molar-refractivity contribution in [3.05, 3.63) is 30.1 Å². The number of hydrogen-bond donors (Lipinski definition) is 1. The average Bonchev–Trinajstić information content (AvgIpc) is 2.76. The Balaban J connectivity index is 1.64. The Morgan fingerprint density at radius 1 is 1.17 bits per heavy atom. The van der Waals surface area contributed by atoms with Crippen LogP contribution in [-0.4, -0.2) is 53.7 Å². The zero-order valence-corrected chi connectivity index (χ0v) is 14.3. The first-order chi connectivity index (χ1) is 11.1. The van der Waals surface area contributed by atoms with Crippen molar-refractivity contribution in [1.29, 1.82) is 0 Å². The zero-order valence-electron chi connectivity index (χ0n) is 13.5. The fraction of sp³-hybridized carbons (Fsp3) is 0.562. The van der Waals surface area contributed by atoms with Crippen molar-refractivity contribution in [2.24, 2.45) is 0 Å². The fourth-order valence-corrected chi connectivity index (χ4v) is 4.41. The van der Waals surface area contributed by atoms with Crippen molar-refractivity contribution in [2.75, 3.05) is 26.7 Å². The van der Waals surface area contributed by atoms with Gasteiger partial charge in [0.05, 0.1) is 11.0 Å². The molecular weight excluding hydrogens is 312 g/mol. The normalized spacial score (nSPS) is 17.7. The Labute approximate surface area is 137 Å². The molecule has 0 unspecified atom stereocenters. The highest BCUT2D eigenvalue weighted by Crippen LogP contribution is 2.16. The van der Waals surface area contributed by atoms with Gasteiger partial charge in [-0.15, -0.1) is 0 Å². The van der Waals surface area contributed by atoms with Gasteiger partial charge in [-0.05, 0) is 25.0 Å². The molecule has 126 valence electrons. The van der Waals surface area contributed by atoms with Crippen molar-refractivity contribution in [3.63, 3.8) is 0 Å². The van der Waals surface area contributed by atoms with Crippen LogP contribution in [-0.2, 0) is 16.6 Å². The lowest BCUT2D eigenvalue weighted by Gasteiger charge is -2.26. The minimum absolute atomic E-state index is 0.429. The Morgan fingerprint density at radius 3 is 2.57 bits per heavy atom. The smallest absolute Gasteiger partial charge is 0.281 e. The Bertz CT molecular complexity index is 715. The van der Waals surface area contributed by atoms with Crippen LogP contribution in [0.25, 0.3) is 11.0 Å². The predicted octanol–water partition coefficient (Wildman–Crippen LogP) is 2.16. The number of imidazole rings is 1. The van der Waals surface area contributed by atoms with Crippen LogP contribution < -0.4 is 0 Å². The number of benzene rings is 1. The molecule has 1 aliphatic heterocycles. The van der Waals surface area contributed by atoms with Gasteiger partial charge in [0.1, 0.15) is 5.82 Å². The fourth-order valence-electron chi connectivity index (χ4n) is 2.97. The zero-order chi connectivity index (χ0) is 16.3. The molecule has 1 fully saturated rings. The van der Waals surface area contributed by atoms with Crippen LogP contribution >= 0.6 is 0 Å². The molecule has 3 rings (SSSR count). The minimum Gasteiger partial charge on any atom is -0.342 e. The van der Waals surface area contributed by atoms with Gasteiger partial charge in [-0.25, -0.2) is 4.98 Å². The largest absolute Gasteiger partial charge is 0.342 e. The molecule has 0 amide bonds. The van der Waals surface area contributed by atoms with Crippen LogP contribution in [0.4, 0.5) is 0 Å². The summed E-state index contributed by atoms with van der Waals surface area (Å²) in [5.41, 5.74) is 1.90. The van der Waals surface area contributed by atoms with Gasteiger partial charge in [-0.1, -0.05) is 25.0 Å². The van der Waals surface area contributed by atoms with Gasteiger partial charge in [0.2, 0.25) is 0 Å². The lowest BCUT2D eigenvalue weighted by molar-refractivity contribution is 0.366. The van der Waals surface area contributed by atoms with Crippen LogP contribution in [0.3, 0.4) is 0 Å². The number of nitrogens with zero attached hydrogens (tertiary/aromatic N) is 3. The second-order valence-electron chi connectivity index (χ2n) is 6.09. The van der Waals surface area contributed by atoms with Gasteiger partial charge in [0.15, 0.2) is 0 Å². The first-order valence-corrected chi connectivity index (χ1v) is 9.62. The number of fused-ring (bicyclic) bond motifs is 1. The van der Waals surface area contributed by atoms with Crippen LogP contribution in [0, 0.1) is 0 Å². The summed E-state index contributed by atoms with van der Waals surface area (Å²) >= 11 is 0. The highest BCUT2D eigenvalue weighted by Gasteiger charge is 2.27. The standard InChI is InChI=1S/C16H24N4O2S/c1-19(23(21,22)20-11-6-2-3-7-12-20)13-10-16-17-14-8-4-5-9-15(14)18-16/h4-5,8-9H,2-3,6-7,10-13H2,1H3,(H,17,18). The molecule has 1 aromatic carbocycles. The minimum atomic E-state index is -3.36. The van der Waals surface area contributed by atoms with Gasteiger partial charge in [0.25, 0.3) is 10.2 Å². The van der Waals surface area contributed by atoms with E-state index in [1.807, 2.05) is 24.3 Å². The van der Waals surface area contributed by atoms with E-state index in [-0.39, 0.29) is 0 Å². The van der Waals surface area contributed by atoms with E-state index in [2.05, 4.69) is 9.97 Å². The van der Waals surface area contributed by atoms with Gasteiger partial charge < -0.3 is 4.98 Å². The number of nitrogens with one attached hydrogen (secondary N) is 1. The summed E-state index contributed by atoms with van der Waals surface area (Å²) in [5, 5.41) is 0.